The number of carbonyl (C=O) groups is 1. The van der Waals surface area contributed by atoms with Crippen molar-refractivity contribution in [1.82, 2.24) is 9.55 Å². The molecule has 1 aliphatic heterocycles. The van der Waals surface area contributed by atoms with Crippen LogP contribution in [-0.2, 0) is 11.3 Å². The van der Waals surface area contributed by atoms with Gasteiger partial charge in [0.05, 0.1) is 30.1 Å². The minimum atomic E-state index is -0.458. The van der Waals surface area contributed by atoms with Crippen molar-refractivity contribution in [3.8, 4) is 6.01 Å². The molecule has 3 rings (SSSR count). The molecular weight excluding hydrogens is 236 g/mol. The zero-order valence-corrected chi connectivity index (χ0v) is 9.67. The van der Waals surface area contributed by atoms with Gasteiger partial charge in [-0.15, -0.1) is 0 Å². The Kier molecular flexibility index (Phi) is 2.29. The number of nitrogens with zero attached hydrogens (tertiary/aromatic N) is 2. The molecule has 92 valence electrons. The average molecular weight is 246 g/mol. The van der Waals surface area contributed by atoms with E-state index in [1.807, 2.05) is 0 Å². The SMILES string of the molecule is COC(=O)c1ccc2c(=O)n3c(nc2c1)OCC3. The fourth-order valence-corrected chi connectivity index (χ4v) is 1.98. The van der Waals surface area contributed by atoms with Gasteiger partial charge in [0.2, 0.25) is 0 Å². The fourth-order valence-electron chi connectivity index (χ4n) is 1.98. The van der Waals surface area contributed by atoms with Gasteiger partial charge < -0.3 is 9.47 Å². The topological polar surface area (TPSA) is 70.4 Å². The van der Waals surface area contributed by atoms with Crippen LogP contribution in [0.2, 0.25) is 0 Å². The van der Waals surface area contributed by atoms with Crippen molar-refractivity contribution in [3.05, 3.63) is 34.1 Å². The van der Waals surface area contributed by atoms with E-state index in [2.05, 4.69) is 9.72 Å². The number of carbonyl (C=O) groups excluding carboxylic acids is 1. The Labute approximate surface area is 102 Å². The highest BCUT2D eigenvalue weighted by atomic mass is 16.5. The van der Waals surface area contributed by atoms with E-state index >= 15 is 0 Å². The maximum absolute atomic E-state index is 12.1. The molecule has 1 aromatic carbocycles. The molecule has 0 aliphatic carbocycles. The Morgan fingerprint density at radius 1 is 1.50 bits per heavy atom. The van der Waals surface area contributed by atoms with Crippen molar-refractivity contribution >= 4 is 16.9 Å². The lowest BCUT2D eigenvalue weighted by molar-refractivity contribution is 0.0601. The van der Waals surface area contributed by atoms with Crippen molar-refractivity contribution in [1.29, 1.82) is 0 Å². The van der Waals surface area contributed by atoms with Gasteiger partial charge in [0, 0.05) is 0 Å². The highest BCUT2D eigenvalue weighted by Gasteiger charge is 2.18. The van der Waals surface area contributed by atoms with Crippen LogP contribution in [0.25, 0.3) is 10.9 Å². The van der Waals surface area contributed by atoms with Crippen molar-refractivity contribution < 1.29 is 14.3 Å². The molecule has 0 bridgehead atoms. The molecular formula is C12H10N2O4. The molecule has 6 heteroatoms. The van der Waals surface area contributed by atoms with Gasteiger partial charge >= 0.3 is 5.97 Å². The smallest absolute Gasteiger partial charge is 0.337 e. The van der Waals surface area contributed by atoms with Crippen molar-refractivity contribution in [2.45, 2.75) is 6.54 Å². The number of ether oxygens (including phenoxy) is 2. The summed E-state index contributed by atoms with van der Waals surface area (Å²) in [6.45, 7) is 0.957. The highest BCUT2D eigenvalue weighted by Crippen LogP contribution is 2.18. The number of hydrogen-bond donors (Lipinski definition) is 0. The zero-order valence-electron chi connectivity index (χ0n) is 9.67. The fraction of sp³-hybridized carbons (Fsp3) is 0.250. The average Bonchev–Trinajstić information content (AvgIpc) is 2.86. The van der Waals surface area contributed by atoms with Crippen molar-refractivity contribution in [3.63, 3.8) is 0 Å². The van der Waals surface area contributed by atoms with Crippen LogP contribution in [-0.4, -0.2) is 29.2 Å². The molecule has 0 saturated heterocycles. The maximum atomic E-state index is 12.1. The Bertz CT molecular complexity index is 705. The number of fused-ring (bicyclic) bond motifs is 2. The van der Waals surface area contributed by atoms with Gasteiger partial charge in [-0.3, -0.25) is 9.36 Å². The Hall–Kier alpha value is -2.37. The number of esters is 1. The summed E-state index contributed by atoms with van der Waals surface area (Å²) in [6, 6.07) is 4.97. The second-order valence-corrected chi connectivity index (χ2v) is 3.92. The van der Waals surface area contributed by atoms with Crippen LogP contribution in [0.1, 0.15) is 10.4 Å². The summed E-state index contributed by atoms with van der Waals surface area (Å²) < 4.78 is 11.4. The summed E-state index contributed by atoms with van der Waals surface area (Å²) >= 11 is 0. The van der Waals surface area contributed by atoms with Crippen LogP contribution in [0, 0.1) is 0 Å². The number of benzene rings is 1. The van der Waals surface area contributed by atoms with Crippen LogP contribution < -0.4 is 10.3 Å². The van der Waals surface area contributed by atoms with Gasteiger partial charge in [-0.25, -0.2) is 4.79 Å². The number of methoxy groups -OCH3 is 1. The molecule has 2 heterocycles. The second-order valence-electron chi connectivity index (χ2n) is 3.92. The molecule has 1 aromatic heterocycles. The lowest BCUT2D eigenvalue weighted by Gasteiger charge is -2.04. The quantitative estimate of drug-likeness (QED) is 0.688. The molecule has 0 saturated carbocycles. The van der Waals surface area contributed by atoms with Gasteiger partial charge in [0.25, 0.3) is 11.6 Å². The van der Waals surface area contributed by atoms with Crippen molar-refractivity contribution in [2.24, 2.45) is 0 Å². The monoisotopic (exact) mass is 246 g/mol. The third-order valence-electron chi connectivity index (χ3n) is 2.89. The molecule has 0 radical (unpaired) electrons. The van der Waals surface area contributed by atoms with E-state index in [0.29, 0.717) is 35.6 Å². The van der Waals surface area contributed by atoms with Gasteiger partial charge in [-0.2, -0.15) is 4.98 Å². The van der Waals surface area contributed by atoms with Crippen LogP contribution in [0.4, 0.5) is 0 Å². The first-order chi connectivity index (χ1) is 8.70. The lowest BCUT2D eigenvalue weighted by Crippen LogP contribution is -2.18. The maximum Gasteiger partial charge on any atom is 0.337 e. The Morgan fingerprint density at radius 3 is 3.11 bits per heavy atom. The zero-order chi connectivity index (χ0) is 12.7. The summed E-state index contributed by atoms with van der Waals surface area (Å²) in [5, 5.41) is 0.469. The van der Waals surface area contributed by atoms with Crippen LogP contribution in [0.15, 0.2) is 23.0 Å². The van der Waals surface area contributed by atoms with E-state index in [1.54, 1.807) is 12.1 Å². The molecule has 1 aliphatic rings. The molecule has 0 N–H and O–H groups in total. The first-order valence-corrected chi connectivity index (χ1v) is 5.46. The number of rotatable bonds is 1. The normalized spacial score (nSPS) is 13.2. The van der Waals surface area contributed by atoms with Crippen LogP contribution in [0.3, 0.4) is 0 Å². The summed E-state index contributed by atoms with van der Waals surface area (Å²) in [7, 11) is 1.31. The summed E-state index contributed by atoms with van der Waals surface area (Å²) in [5.41, 5.74) is 0.653. The number of hydrogen-bond acceptors (Lipinski definition) is 5. The van der Waals surface area contributed by atoms with E-state index in [0.717, 1.165) is 0 Å². The largest absolute Gasteiger partial charge is 0.465 e. The Balaban J connectivity index is 2.27. The molecule has 0 unspecified atom stereocenters. The van der Waals surface area contributed by atoms with Crippen LogP contribution in [0.5, 0.6) is 6.01 Å². The molecule has 0 spiro atoms. The molecule has 0 atom stereocenters. The predicted molar refractivity (Wildman–Crippen MR) is 62.8 cm³/mol. The molecule has 0 amide bonds. The van der Waals surface area contributed by atoms with Gasteiger partial charge in [-0.05, 0) is 18.2 Å². The molecule has 2 aromatic rings. The summed E-state index contributed by atoms with van der Waals surface area (Å²) in [4.78, 5) is 27.7. The van der Waals surface area contributed by atoms with E-state index in [1.165, 1.54) is 17.7 Å². The minimum Gasteiger partial charge on any atom is -0.465 e. The summed E-state index contributed by atoms with van der Waals surface area (Å²) in [5.74, 6) is -0.458. The third-order valence-corrected chi connectivity index (χ3v) is 2.89. The standard InChI is InChI=1S/C12H10N2O4/c1-17-11(16)7-2-3-8-9(6-7)13-12-14(10(8)15)4-5-18-12/h2-3,6H,4-5H2,1H3. The predicted octanol–water partition coefficient (Wildman–Crippen LogP) is 0.575. The second kappa shape index (κ2) is 3.83. The minimum absolute atomic E-state index is 0.149. The first kappa shape index (κ1) is 10.8. The third kappa shape index (κ3) is 1.46. The van der Waals surface area contributed by atoms with Crippen molar-refractivity contribution in [2.75, 3.05) is 13.7 Å². The van der Waals surface area contributed by atoms with E-state index in [-0.39, 0.29) is 5.56 Å². The molecule has 6 nitrogen and oxygen atoms in total. The lowest BCUT2D eigenvalue weighted by atomic mass is 10.1. The highest BCUT2D eigenvalue weighted by molar-refractivity contribution is 5.94. The number of aromatic nitrogens is 2. The van der Waals surface area contributed by atoms with Gasteiger partial charge in [0.1, 0.15) is 6.61 Å². The van der Waals surface area contributed by atoms with Crippen LogP contribution >= 0.6 is 0 Å². The Morgan fingerprint density at radius 2 is 2.33 bits per heavy atom. The molecule has 0 fully saturated rings. The van der Waals surface area contributed by atoms with E-state index in [9.17, 15) is 9.59 Å². The van der Waals surface area contributed by atoms with Gasteiger partial charge in [0.15, 0.2) is 0 Å². The van der Waals surface area contributed by atoms with E-state index in [4.69, 9.17) is 4.74 Å². The summed E-state index contributed by atoms with van der Waals surface area (Å²) in [6.07, 6.45) is 0. The first-order valence-electron chi connectivity index (χ1n) is 5.46. The molecule has 18 heavy (non-hydrogen) atoms. The van der Waals surface area contributed by atoms with Gasteiger partial charge in [-0.1, -0.05) is 0 Å². The van der Waals surface area contributed by atoms with E-state index < -0.39 is 5.97 Å².